The Bertz CT molecular complexity index is 329. The summed E-state index contributed by atoms with van der Waals surface area (Å²) in [5.74, 6) is -0.435. The van der Waals surface area contributed by atoms with Crippen molar-refractivity contribution in [3.05, 3.63) is 22.4 Å². The Labute approximate surface area is 85.7 Å². The minimum Gasteiger partial charge on any atom is -0.403 e. The molecule has 78 valence electrons. The molecule has 1 rings (SSSR count). The van der Waals surface area contributed by atoms with Crippen molar-refractivity contribution in [2.24, 2.45) is 0 Å². The van der Waals surface area contributed by atoms with Gasteiger partial charge in [-0.2, -0.15) is 0 Å². The number of hydrogen-bond donors (Lipinski definition) is 1. The molecule has 0 spiro atoms. The van der Waals surface area contributed by atoms with Crippen molar-refractivity contribution in [2.75, 3.05) is 0 Å². The summed E-state index contributed by atoms with van der Waals surface area (Å²) in [6, 6.07) is 1.25. The van der Waals surface area contributed by atoms with Crippen molar-refractivity contribution >= 4 is 15.9 Å². The Morgan fingerprint density at radius 2 is 2.14 bits per heavy atom. The molecule has 0 saturated heterocycles. The van der Waals surface area contributed by atoms with Gasteiger partial charge in [0.1, 0.15) is 0 Å². The van der Waals surface area contributed by atoms with E-state index in [0.717, 1.165) is 6.20 Å². The fourth-order valence-electron chi connectivity index (χ4n) is 0.744. The van der Waals surface area contributed by atoms with Crippen LogP contribution in [0.25, 0.3) is 0 Å². The van der Waals surface area contributed by atoms with E-state index in [1.54, 1.807) is 0 Å². The minimum atomic E-state index is -4.75. The number of aromatic nitrogens is 1. The zero-order valence-corrected chi connectivity index (χ0v) is 8.26. The summed E-state index contributed by atoms with van der Waals surface area (Å²) in [4.78, 5) is 3.54. The Balaban J connectivity index is 2.89. The predicted octanol–water partition coefficient (Wildman–Crippen LogP) is 2.24. The van der Waals surface area contributed by atoms with Gasteiger partial charge in [0.2, 0.25) is 0 Å². The molecular weight excluding hydrogens is 267 g/mol. The number of halogens is 4. The molecule has 0 saturated carbocycles. The van der Waals surface area contributed by atoms with Gasteiger partial charge >= 0.3 is 6.36 Å². The van der Waals surface area contributed by atoms with Crippen LogP contribution >= 0.6 is 15.9 Å². The SMILES string of the molecule is OCc1cc(Br)c(OC(F)(F)F)cn1. The molecule has 0 fully saturated rings. The molecule has 0 atom stereocenters. The quantitative estimate of drug-likeness (QED) is 0.897. The van der Waals surface area contributed by atoms with Crippen molar-refractivity contribution in [2.45, 2.75) is 13.0 Å². The molecule has 0 bridgehead atoms. The first-order chi connectivity index (χ1) is 6.42. The molecule has 3 nitrogen and oxygen atoms in total. The second-order valence-corrected chi connectivity index (χ2v) is 3.17. The number of alkyl halides is 3. The topological polar surface area (TPSA) is 42.4 Å². The van der Waals surface area contributed by atoms with Crippen molar-refractivity contribution in [1.29, 1.82) is 0 Å². The number of aliphatic hydroxyl groups excluding tert-OH is 1. The van der Waals surface area contributed by atoms with E-state index in [2.05, 4.69) is 25.7 Å². The van der Waals surface area contributed by atoms with Crippen LogP contribution in [0, 0.1) is 0 Å². The monoisotopic (exact) mass is 271 g/mol. The standard InChI is InChI=1S/C7H5BrF3NO2/c8-5-1-4(3-13)12-2-6(5)14-7(9,10)11/h1-2,13H,3H2. The summed E-state index contributed by atoms with van der Waals surface area (Å²) in [6.45, 7) is -0.342. The number of nitrogens with zero attached hydrogens (tertiary/aromatic N) is 1. The third-order valence-corrected chi connectivity index (χ3v) is 1.88. The lowest BCUT2D eigenvalue weighted by Crippen LogP contribution is -2.17. The van der Waals surface area contributed by atoms with E-state index >= 15 is 0 Å². The summed E-state index contributed by atoms with van der Waals surface area (Å²) in [5.41, 5.74) is 0.256. The molecule has 0 unspecified atom stereocenters. The number of ether oxygens (including phenoxy) is 1. The third-order valence-electron chi connectivity index (χ3n) is 1.26. The van der Waals surface area contributed by atoms with Crippen LogP contribution in [0.2, 0.25) is 0 Å². The second kappa shape index (κ2) is 4.14. The average molecular weight is 272 g/mol. The Kier molecular flexibility index (Phi) is 3.33. The smallest absolute Gasteiger partial charge is 0.403 e. The Morgan fingerprint density at radius 3 is 2.57 bits per heavy atom. The van der Waals surface area contributed by atoms with Crippen LogP contribution in [0.3, 0.4) is 0 Å². The van der Waals surface area contributed by atoms with Crippen LogP contribution in [-0.2, 0) is 6.61 Å². The fraction of sp³-hybridized carbons (Fsp3) is 0.286. The first-order valence-electron chi connectivity index (χ1n) is 3.43. The molecular formula is C7H5BrF3NO2. The van der Waals surface area contributed by atoms with Crippen LogP contribution in [0.15, 0.2) is 16.7 Å². The van der Waals surface area contributed by atoms with Crippen molar-refractivity contribution in [1.82, 2.24) is 4.98 Å². The van der Waals surface area contributed by atoms with Gasteiger partial charge in [0.15, 0.2) is 5.75 Å². The van der Waals surface area contributed by atoms with Crippen LogP contribution < -0.4 is 4.74 Å². The molecule has 0 aliphatic heterocycles. The fourth-order valence-corrected chi connectivity index (χ4v) is 1.19. The van der Waals surface area contributed by atoms with Gasteiger partial charge in [0.25, 0.3) is 0 Å². The highest BCUT2D eigenvalue weighted by molar-refractivity contribution is 9.10. The molecule has 1 aromatic rings. The van der Waals surface area contributed by atoms with Gasteiger partial charge in [-0.05, 0) is 22.0 Å². The molecule has 0 amide bonds. The van der Waals surface area contributed by atoms with Gasteiger partial charge in [-0.1, -0.05) is 0 Å². The molecule has 0 aromatic carbocycles. The lowest BCUT2D eigenvalue weighted by atomic mass is 10.3. The summed E-state index contributed by atoms with van der Waals surface area (Å²) in [7, 11) is 0. The Morgan fingerprint density at radius 1 is 1.50 bits per heavy atom. The molecule has 1 aromatic heterocycles. The van der Waals surface area contributed by atoms with Crippen LogP contribution in [0.5, 0.6) is 5.75 Å². The van der Waals surface area contributed by atoms with Crippen LogP contribution in [0.4, 0.5) is 13.2 Å². The molecule has 7 heteroatoms. The van der Waals surface area contributed by atoms with Gasteiger partial charge < -0.3 is 9.84 Å². The summed E-state index contributed by atoms with van der Waals surface area (Å²) in [6.07, 6.45) is -3.85. The van der Waals surface area contributed by atoms with Gasteiger partial charge in [-0.15, -0.1) is 13.2 Å². The largest absolute Gasteiger partial charge is 0.573 e. The van der Waals surface area contributed by atoms with E-state index in [9.17, 15) is 13.2 Å². The zero-order chi connectivity index (χ0) is 10.8. The number of rotatable bonds is 2. The highest BCUT2D eigenvalue weighted by atomic mass is 79.9. The van der Waals surface area contributed by atoms with Gasteiger partial charge in [-0.3, -0.25) is 4.98 Å². The zero-order valence-electron chi connectivity index (χ0n) is 6.68. The Hall–Kier alpha value is -0.820. The highest BCUT2D eigenvalue weighted by Crippen LogP contribution is 2.29. The molecule has 1 N–H and O–H groups in total. The van der Waals surface area contributed by atoms with E-state index in [1.807, 2.05) is 0 Å². The van der Waals surface area contributed by atoms with E-state index in [4.69, 9.17) is 5.11 Å². The number of aliphatic hydroxyl groups is 1. The number of pyridine rings is 1. The van der Waals surface area contributed by atoms with Gasteiger partial charge in [-0.25, -0.2) is 0 Å². The van der Waals surface area contributed by atoms with E-state index in [0.29, 0.717) is 0 Å². The predicted molar refractivity (Wildman–Crippen MR) is 44.5 cm³/mol. The van der Waals surface area contributed by atoms with Crippen LogP contribution in [0.1, 0.15) is 5.69 Å². The summed E-state index contributed by atoms with van der Waals surface area (Å²) < 4.78 is 39.1. The lowest BCUT2D eigenvalue weighted by molar-refractivity contribution is -0.275. The van der Waals surface area contributed by atoms with Gasteiger partial charge in [0, 0.05) is 0 Å². The minimum absolute atomic E-state index is 0.0916. The highest BCUT2D eigenvalue weighted by Gasteiger charge is 2.32. The molecule has 1 heterocycles. The maximum atomic E-state index is 11.8. The van der Waals surface area contributed by atoms with Crippen molar-refractivity contribution < 1.29 is 23.0 Å². The maximum absolute atomic E-state index is 11.8. The normalized spacial score (nSPS) is 11.5. The summed E-state index contributed by atoms with van der Waals surface area (Å²) in [5, 5.41) is 8.64. The van der Waals surface area contributed by atoms with E-state index in [-0.39, 0.29) is 16.8 Å². The van der Waals surface area contributed by atoms with Gasteiger partial charge in [0.05, 0.1) is 23.0 Å². The third kappa shape index (κ3) is 3.15. The molecule has 0 radical (unpaired) electrons. The molecule has 0 aliphatic carbocycles. The van der Waals surface area contributed by atoms with Crippen molar-refractivity contribution in [3.63, 3.8) is 0 Å². The maximum Gasteiger partial charge on any atom is 0.573 e. The molecule has 0 aliphatic rings. The first kappa shape index (κ1) is 11.3. The lowest BCUT2D eigenvalue weighted by Gasteiger charge is -2.10. The van der Waals surface area contributed by atoms with Crippen molar-refractivity contribution in [3.8, 4) is 5.75 Å². The van der Waals surface area contributed by atoms with E-state index < -0.39 is 12.1 Å². The second-order valence-electron chi connectivity index (χ2n) is 2.31. The summed E-state index contributed by atoms with van der Waals surface area (Å²) >= 11 is 2.86. The van der Waals surface area contributed by atoms with E-state index in [1.165, 1.54) is 6.07 Å². The van der Waals surface area contributed by atoms with Crippen LogP contribution in [-0.4, -0.2) is 16.5 Å². The molecule has 14 heavy (non-hydrogen) atoms. The first-order valence-corrected chi connectivity index (χ1v) is 4.22. The average Bonchev–Trinajstić information content (AvgIpc) is 2.06. The number of hydrogen-bond acceptors (Lipinski definition) is 3.